The largest absolute Gasteiger partial charge is 0.464 e. The van der Waals surface area contributed by atoms with Crippen LogP contribution in [0.25, 0.3) is 0 Å². The predicted molar refractivity (Wildman–Crippen MR) is 98.8 cm³/mol. The molecule has 2 aliphatic heterocycles. The lowest BCUT2D eigenvalue weighted by Gasteiger charge is -2.50. The van der Waals surface area contributed by atoms with E-state index in [1.165, 1.54) is 6.92 Å². The Morgan fingerprint density at radius 1 is 1.15 bits per heavy atom. The lowest BCUT2D eigenvalue weighted by Crippen LogP contribution is -2.66. The van der Waals surface area contributed by atoms with E-state index in [0.717, 1.165) is 31.6 Å². The van der Waals surface area contributed by atoms with E-state index >= 15 is 0 Å². The monoisotopic (exact) mass is 380 g/mol. The van der Waals surface area contributed by atoms with Crippen molar-refractivity contribution in [2.45, 2.75) is 64.5 Å². The Hall–Kier alpha value is -1.63. The third-order valence-electron chi connectivity index (χ3n) is 6.33. The molecule has 1 unspecified atom stereocenters. The van der Waals surface area contributed by atoms with Crippen molar-refractivity contribution in [1.82, 2.24) is 9.80 Å². The van der Waals surface area contributed by atoms with Crippen molar-refractivity contribution in [2.24, 2.45) is 11.8 Å². The molecule has 2 amide bonds. The molecule has 0 radical (unpaired) electrons. The second-order valence-corrected chi connectivity index (χ2v) is 8.38. The summed E-state index contributed by atoms with van der Waals surface area (Å²) in [5, 5.41) is 0. The van der Waals surface area contributed by atoms with Gasteiger partial charge in [-0.1, -0.05) is 6.92 Å². The summed E-state index contributed by atoms with van der Waals surface area (Å²) < 4.78 is 11.2. The van der Waals surface area contributed by atoms with E-state index in [1.54, 1.807) is 11.8 Å². The number of esters is 1. The van der Waals surface area contributed by atoms with E-state index in [2.05, 4.69) is 6.92 Å². The van der Waals surface area contributed by atoms with Crippen molar-refractivity contribution < 1.29 is 23.9 Å². The molecule has 0 bridgehead atoms. The molecule has 0 N–H and O–H groups in total. The molecular formula is C20H32N2O5. The first-order valence-corrected chi connectivity index (χ1v) is 10.2. The minimum Gasteiger partial charge on any atom is -0.464 e. The van der Waals surface area contributed by atoms with E-state index < -0.39 is 17.6 Å². The van der Waals surface area contributed by atoms with Gasteiger partial charge in [0.25, 0.3) is 0 Å². The second-order valence-electron chi connectivity index (χ2n) is 8.38. The fraction of sp³-hybridized carbons (Fsp3) is 0.850. The van der Waals surface area contributed by atoms with Gasteiger partial charge in [0.2, 0.25) is 11.8 Å². The number of ether oxygens (including phenoxy) is 2. The lowest BCUT2D eigenvalue weighted by atomic mass is 9.80. The molecule has 3 rings (SSSR count). The van der Waals surface area contributed by atoms with Gasteiger partial charge < -0.3 is 19.3 Å². The molecule has 3 aliphatic rings. The summed E-state index contributed by atoms with van der Waals surface area (Å²) in [6.45, 7) is 7.41. The number of hydrogen-bond donors (Lipinski definition) is 0. The Bertz CT molecular complexity index is 579. The number of carbonyl (C=O) groups is 3. The lowest BCUT2D eigenvalue weighted by molar-refractivity contribution is -0.176. The summed E-state index contributed by atoms with van der Waals surface area (Å²) in [6.07, 6.45) is 4.84. The van der Waals surface area contributed by atoms with Gasteiger partial charge in [-0.3, -0.25) is 9.59 Å². The molecule has 0 aromatic carbocycles. The summed E-state index contributed by atoms with van der Waals surface area (Å²) in [4.78, 5) is 40.4. The van der Waals surface area contributed by atoms with Crippen LogP contribution < -0.4 is 0 Å². The molecule has 1 atom stereocenters. The molecule has 7 heteroatoms. The van der Waals surface area contributed by atoms with Crippen LogP contribution in [0.4, 0.5) is 0 Å². The minimum absolute atomic E-state index is 0.126. The normalized spacial score (nSPS) is 30.4. The molecular weight excluding hydrogens is 348 g/mol. The zero-order valence-corrected chi connectivity index (χ0v) is 16.7. The van der Waals surface area contributed by atoms with Gasteiger partial charge in [-0.2, -0.15) is 0 Å². The summed E-state index contributed by atoms with van der Waals surface area (Å²) in [5.74, 6) is 0.529. The Morgan fingerprint density at radius 2 is 1.81 bits per heavy atom. The second kappa shape index (κ2) is 8.17. The molecule has 1 saturated carbocycles. The van der Waals surface area contributed by atoms with Gasteiger partial charge in [-0.15, -0.1) is 0 Å². The van der Waals surface area contributed by atoms with Crippen LogP contribution in [-0.2, 0) is 23.9 Å². The number of likely N-dealkylation sites (tertiary alicyclic amines) is 1. The molecule has 0 aromatic heterocycles. The van der Waals surface area contributed by atoms with Gasteiger partial charge in [-0.05, 0) is 44.9 Å². The van der Waals surface area contributed by atoms with Crippen LogP contribution in [0.5, 0.6) is 0 Å². The third kappa shape index (κ3) is 4.28. The maximum atomic E-state index is 12.8. The Labute approximate surface area is 161 Å². The van der Waals surface area contributed by atoms with E-state index in [1.807, 2.05) is 4.90 Å². The zero-order chi connectivity index (χ0) is 19.6. The summed E-state index contributed by atoms with van der Waals surface area (Å²) in [7, 11) is 0. The van der Waals surface area contributed by atoms with Crippen LogP contribution in [0.15, 0.2) is 0 Å². The molecule has 1 aliphatic carbocycles. The molecule has 27 heavy (non-hydrogen) atoms. The van der Waals surface area contributed by atoms with Gasteiger partial charge in [-0.25, -0.2) is 4.79 Å². The molecule has 152 valence electrons. The smallest absolute Gasteiger partial charge is 0.331 e. The molecule has 0 aromatic rings. The number of hydrogen-bond acceptors (Lipinski definition) is 5. The van der Waals surface area contributed by atoms with Crippen LogP contribution >= 0.6 is 0 Å². The van der Waals surface area contributed by atoms with Gasteiger partial charge in [0.1, 0.15) is 5.60 Å². The highest BCUT2D eigenvalue weighted by molar-refractivity contribution is 5.83. The molecule has 3 fully saturated rings. The Balaban J connectivity index is 1.58. The predicted octanol–water partition coefficient (Wildman–Crippen LogP) is 1.59. The van der Waals surface area contributed by atoms with Gasteiger partial charge in [0.05, 0.1) is 26.3 Å². The SMILES string of the molecule is CCOC(=O)C1COC2(CCN1C(C)=O)CN(C(=O)C1CCC(C)CC1)C2. The van der Waals surface area contributed by atoms with Crippen LogP contribution in [0.2, 0.25) is 0 Å². The van der Waals surface area contributed by atoms with E-state index in [0.29, 0.717) is 26.1 Å². The highest BCUT2D eigenvalue weighted by atomic mass is 16.5. The topological polar surface area (TPSA) is 76.2 Å². The standard InChI is InChI=1S/C20H32N2O5/c1-4-26-19(25)17-11-27-20(9-10-22(17)15(3)23)12-21(13-20)18(24)16-7-5-14(2)6-8-16/h14,16-17H,4-13H2,1-3H3. The van der Waals surface area contributed by atoms with Crippen molar-refractivity contribution in [1.29, 1.82) is 0 Å². The molecule has 2 heterocycles. The number of amides is 2. The maximum absolute atomic E-state index is 12.8. The van der Waals surface area contributed by atoms with E-state index in [-0.39, 0.29) is 30.9 Å². The fourth-order valence-corrected chi connectivity index (χ4v) is 4.53. The molecule has 7 nitrogen and oxygen atoms in total. The van der Waals surface area contributed by atoms with Gasteiger partial charge >= 0.3 is 5.97 Å². The van der Waals surface area contributed by atoms with Crippen molar-refractivity contribution in [3.63, 3.8) is 0 Å². The van der Waals surface area contributed by atoms with Crippen LogP contribution in [0.3, 0.4) is 0 Å². The highest BCUT2D eigenvalue weighted by Gasteiger charge is 2.50. The number of carbonyl (C=O) groups excluding carboxylic acids is 3. The summed E-state index contributed by atoms with van der Waals surface area (Å²) in [6, 6.07) is -0.702. The van der Waals surface area contributed by atoms with Crippen molar-refractivity contribution in [3.05, 3.63) is 0 Å². The van der Waals surface area contributed by atoms with Gasteiger partial charge in [0.15, 0.2) is 6.04 Å². The van der Waals surface area contributed by atoms with Crippen LogP contribution in [-0.4, -0.2) is 72.1 Å². The van der Waals surface area contributed by atoms with E-state index in [4.69, 9.17) is 9.47 Å². The Kier molecular flexibility index (Phi) is 6.08. The summed E-state index contributed by atoms with van der Waals surface area (Å²) in [5.41, 5.74) is -0.438. The van der Waals surface area contributed by atoms with Crippen molar-refractivity contribution in [2.75, 3.05) is 32.8 Å². The Morgan fingerprint density at radius 3 is 2.41 bits per heavy atom. The number of rotatable bonds is 3. The quantitative estimate of drug-likeness (QED) is 0.695. The average Bonchev–Trinajstić information content (AvgIpc) is 2.81. The average molecular weight is 380 g/mol. The molecule has 1 spiro atoms. The van der Waals surface area contributed by atoms with Crippen LogP contribution in [0.1, 0.15) is 52.9 Å². The first-order chi connectivity index (χ1) is 12.8. The first kappa shape index (κ1) is 20.1. The zero-order valence-electron chi connectivity index (χ0n) is 16.7. The summed E-state index contributed by atoms with van der Waals surface area (Å²) >= 11 is 0. The van der Waals surface area contributed by atoms with Crippen LogP contribution in [0, 0.1) is 11.8 Å². The maximum Gasteiger partial charge on any atom is 0.331 e. The van der Waals surface area contributed by atoms with Gasteiger partial charge in [0, 0.05) is 19.4 Å². The minimum atomic E-state index is -0.702. The molecule has 2 saturated heterocycles. The first-order valence-electron chi connectivity index (χ1n) is 10.2. The third-order valence-corrected chi connectivity index (χ3v) is 6.33. The number of nitrogens with zero attached hydrogens (tertiary/aromatic N) is 2. The van der Waals surface area contributed by atoms with E-state index in [9.17, 15) is 14.4 Å². The highest BCUT2D eigenvalue weighted by Crippen LogP contribution is 2.36. The van der Waals surface area contributed by atoms with Crippen molar-refractivity contribution in [3.8, 4) is 0 Å². The van der Waals surface area contributed by atoms with Crippen molar-refractivity contribution >= 4 is 17.8 Å². The fourth-order valence-electron chi connectivity index (χ4n) is 4.53.